The highest BCUT2D eigenvalue weighted by Gasteiger charge is 2.71. The molecule has 2 aromatic heterocycles. The molecular formula is C37H28BCl2F3N4O8. The smallest absolute Gasteiger partial charge is 0.463 e. The standard InChI is InChI=1S/C37H28BCl2F3N4O8/c39-20-6-4-17(5-7-20)36-26(33(50)47(35(36)52)45-31-27(40)12-18(15-44-31)37(41,42)43)14-25-23(30(36)28-11-8-22(16-48)55-28)9-10-24-29(25)34(51)46(32(24)49)21-3-1-2-19(13-21)38(53)54/h1-9,11-13,15,24-26,29-30,48,53-54H,10,14,16H2,(H,44,45). The number of hydrogen-bond donors (Lipinski definition) is 4. The Morgan fingerprint density at radius 1 is 0.964 bits per heavy atom. The van der Waals surface area contributed by atoms with Crippen LogP contribution in [0.1, 0.15) is 41.4 Å². The molecule has 4 aromatic rings. The number of imide groups is 2. The summed E-state index contributed by atoms with van der Waals surface area (Å²) in [6.45, 7) is -0.501. The van der Waals surface area contributed by atoms with Gasteiger partial charge < -0.3 is 19.6 Å². The summed E-state index contributed by atoms with van der Waals surface area (Å²) in [5.41, 5.74) is 0.639. The Hall–Kier alpha value is -5.00. The van der Waals surface area contributed by atoms with Crippen molar-refractivity contribution in [2.24, 2.45) is 23.7 Å². The van der Waals surface area contributed by atoms with E-state index in [1.165, 1.54) is 42.5 Å². The first-order valence-corrected chi connectivity index (χ1v) is 17.8. The lowest BCUT2D eigenvalue weighted by molar-refractivity contribution is -0.139. The summed E-state index contributed by atoms with van der Waals surface area (Å²) < 4.78 is 46.4. The van der Waals surface area contributed by atoms with Gasteiger partial charge in [0.25, 0.3) is 11.8 Å². The first-order chi connectivity index (χ1) is 26.2. The molecular weight excluding hydrogens is 767 g/mol. The number of aromatic nitrogens is 1. The maximum atomic E-state index is 15.2. The van der Waals surface area contributed by atoms with Crippen molar-refractivity contribution < 1.29 is 51.9 Å². The number of nitrogens with one attached hydrogen (secondary N) is 1. The van der Waals surface area contributed by atoms with Crippen LogP contribution in [0.3, 0.4) is 0 Å². The van der Waals surface area contributed by atoms with Crippen molar-refractivity contribution >= 4 is 70.9 Å². The van der Waals surface area contributed by atoms with E-state index in [-0.39, 0.29) is 35.5 Å². The second-order valence-electron chi connectivity index (χ2n) is 13.9. The third-order valence-electron chi connectivity index (χ3n) is 11.1. The molecule has 6 unspecified atom stereocenters. The maximum absolute atomic E-state index is 15.2. The van der Waals surface area contributed by atoms with Gasteiger partial charge in [0.05, 0.1) is 39.9 Å². The van der Waals surface area contributed by atoms with Crippen LogP contribution in [0.25, 0.3) is 0 Å². The Bertz CT molecular complexity index is 2300. The molecule has 282 valence electrons. The lowest BCUT2D eigenvalue weighted by Crippen LogP contribution is -2.53. The molecule has 4 aliphatic rings. The maximum Gasteiger partial charge on any atom is 0.488 e. The Kier molecular flexibility index (Phi) is 8.96. The number of hydrogen-bond acceptors (Lipinski definition) is 10. The molecule has 6 atom stereocenters. The molecule has 0 bridgehead atoms. The van der Waals surface area contributed by atoms with E-state index in [2.05, 4.69) is 10.4 Å². The molecule has 4 N–H and O–H groups in total. The van der Waals surface area contributed by atoms with Gasteiger partial charge in [0, 0.05) is 11.2 Å². The largest absolute Gasteiger partial charge is 0.488 e. The molecule has 12 nitrogen and oxygen atoms in total. The van der Waals surface area contributed by atoms with Crippen LogP contribution in [0.2, 0.25) is 10.0 Å². The first-order valence-electron chi connectivity index (χ1n) is 17.0. The zero-order chi connectivity index (χ0) is 39.1. The lowest BCUT2D eigenvalue weighted by Gasteiger charge is -2.49. The summed E-state index contributed by atoms with van der Waals surface area (Å²) in [6.07, 6.45) is -2.55. The number of benzene rings is 2. The Morgan fingerprint density at radius 3 is 2.36 bits per heavy atom. The van der Waals surface area contributed by atoms with E-state index in [0.717, 1.165) is 4.90 Å². The molecule has 3 fully saturated rings. The van der Waals surface area contributed by atoms with Crippen LogP contribution >= 0.6 is 23.2 Å². The molecule has 2 aliphatic carbocycles. The minimum atomic E-state index is -4.77. The molecule has 8 rings (SSSR count). The summed E-state index contributed by atoms with van der Waals surface area (Å²) in [4.78, 5) is 63.1. The number of rotatable bonds is 7. The monoisotopic (exact) mass is 794 g/mol. The predicted octanol–water partition coefficient (Wildman–Crippen LogP) is 4.36. The van der Waals surface area contributed by atoms with Crippen LogP contribution in [0.15, 0.2) is 89.0 Å². The average Bonchev–Trinajstić information content (AvgIpc) is 3.79. The van der Waals surface area contributed by atoms with Crippen LogP contribution in [-0.2, 0) is 37.4 Å². The average molecular weight is 795 g/mol. The van der Waals surface area contributed by atoms with Crippen molar-refractivity contribution in [3.05, 3.63) is 117 Å². The van der Waals surface area contributed by atoms with E-state index in [1.54, 1.807) is 24.3 Å². The number of carbonyl (C=O) groups excluding carboxylic acids is 4. The molecule has 0 spiro atoms. The highest BCUT2D eigenvalue weighted by Crippen LogP contribution is 2.64. The quantitative estimate of drug-likeness (QED) is 0.120. The van der Waals surface area contributed by atoms with Gasteiger partial charge in [0.15, 0.2) is 5.82 Å². The Labute approximate surface area is 320 Å². The third-order valence-corrected chi connectivity index (χ3v) is 11.6. The number of amides is 4. The fourth-order valence-corrected chi connectivity index (χ4v) is 9.14. The zero-order valence-corrected chi connectivity index (χ0v) is 29.7. The van der Waals surface area contributed by atoms with E-state index >= 15 is 4.79 Å². The number of furan rings is 1. The molecule has 2 aliphatic heterocycles. The van der Waals surface area contributed by atoms with Gasteiger partial charge in [-0.05, 0) is 72.3 Å². The van der Waals surface area contributed by atoms with Gasteiger partial charge in [0.2, 0.25) is 11.8 Å². The van der Waals surface area contributed by atoms with Crippen molar-refractivity contribution in [1.82, 2.24) is 9.99 Å². The molecule has 18 heteroatoms. The number of aliphatic hydroxyl groups excluding tert-OH is 1. The number of aliphatic hydroxyl groups is 1. The zero-order valence-electron chi connectivity index (χ0n) is 28.2. The number of anilines is 2. The summed E-state index contributed by atoms with van der Waals surface area (Å²) in [7, 11) is -1.87. The van der Waals surface area contributed by atoms with E-state index < -0.39 is 94.9 Å². The van der Waals surface area contributed by atoms with Gasteiger partial charge in [-0.25, -0.2) is 4.98 Å². The fourth-order valence-electron chi connectivity index (χ4n) is 8.80. The minimum Gasteiger partial charge on any atom is -0.463 e. The summed E-state index contributed by atoms with van der Waals surface area (Å²) in [5.74, 6) is -7.90. The third kappa shape index (κ3) is 5.69. The highest BCUT2D eigenvalue weighted by atomic mass is 35.5. The molecule has 2 saturated heterocycles. The number of fused-ring (bicyclic) bond motifs is 4. The topological polar surface area (TPSA) is 174 Å². The van der Waals surface area contributed by atoms with Crippen molar-refractivity contribution in [3.63, 3.8) is 0 Å². The van der Waals surface area contributed by atoms with Crippen molar-refractivity contribution in [3.8, 4) is 0 Å². The van der Waals surface area contributed by atoms with E-state index in [0.29, 0.717) is 33.4 Å². The number of hydrazine groups is 1. The molecule has 55 heavy (non-hydrogen) atoms. The molecule has 4 amide bonds. The number of allylic oxidation sites excluding steroid dienone is 2. The summed E-state index contributed by atoms with van der Waals surface area (Å²) in [5, 5.41) is 30.0. The number of nitrogens with zero attached hydrogens (tertiary/aromatic N) is 3. The highest BCUT2D eigenvalue weighted by molar-refractivity contribution is 6.58. The number of pyridine rings is 1. The van der Waals surface area contributed by atoms with E-state index in [4.69, 9.17) is 27.6 Å². The normalized spacial score (nSPS) is 26.2. The van der Waals surface area contributed by atoms with Crippen LogP contribution in [-0.4, -0.2) is 55.9 Å². The second-order valence-corrected chi connectivity index (χ2v) is 14.7. The number of halogens is 5. The summed E-state index contributed by atoms with van der Waals surface area (Å²) >= 11 is 12.5. The van der Waals surface area contributed by atoms with Gasteiger partial charge in [-0.15, -0.1) is 0 Å². The van der Waals surface area contributed by atoms with Crippen LogP contribution < -0.4 is 15.8 Å². The molecule has 1 saturated carbocycles. The fraction of sp³-hybridized carbons (Fsp3) is 0.270. The summed E-state index contributed by atoms with van der Waals surface area (Å²) in [6, 6.07) is 15.6. The predicted molar refractivity (Wildman–Crippen MR) is 190 cm³/mol. The molecule has 0 radical (unpaired) electrons. The Balaban J connectivity index is 1.28. The first kappa shape index (κ1) is 37.0. The van der Waals surface area contributed by atoms with Gasteiger partial charge in [0.1, 0.15) is 23.5 Å². The molecule has 4 heterocycles. The van der Waals surface area contributed by atoms with Crippen LogP contribution in [0.5, 0.6) is 0 Å². The van der Waals surface area contributed by atoms with Gasteiger partial charge in [-0.2, -0.15) is 18.2 Å². The lowest BCUT2D eigenvalue weighted by atomic mass is 9.50. The van der Waals surface area contributed by atoms with Gasteiger partial charge in [-0.1, -0.05) is 59.1 Å². The van der Waals surface area contributed by atoms with Crippen LogP contribution in [0, 0.1) is 23.7 Å². The van der Waals surface area contributed by atoms with E-state index in [1.807, 2.05) is 0 Å². The number of carbonyl (C=O) groups is 4. The second kappa shape index (κ2) is 13.3. The van der Waals surface area contributed by atoms with Crippen molar-refractivity contribution in [2.45, 2.75) is 37.0 Å². The Morgan fingerprint density at radius 2 is 1.71 bits per heavy atom. The van der Waals surface area contributed by atoms with Gasteiger partial charge in [-0.3, -0.25) is 29.5 Å². The van der Waals surface area contributed by atoms with E-state index in [9.17, 15) is 42.7 Å². The van der Waals surface area contributed by atoms with Crippen LogP contribution in [0.4, 0.5) is 24.7 Å². The SMILES string of the molecule is O=C1C2CC3C(=CCC4C(=O)N(c5cccc(B(O)O)c5)C(=O)C43)C(c3ccc(CO)o3)C2(c2ccc(Cl)cc2)C(=O)N1Nc1ncc(C(F)(F)F)cc1Cl. The minimum absolute atomic E-state index is 0.0556. The molecule has 2 aromatic carbocycles. The van der Waals surface area contributed by atoms with Gasteiger partial charge >= 0.3 is 13.3 Å². The van der Waals surface area contributed by atoms with Crippen molar-refractivity contribution in [2.75, 3.05) is 10.3 Å². The number of alkyl halides is 3. The van der Waals surface area contributed by atoms with Crippen molar-refractivity contribution in [1.29, 1.82) is 0 Å².